The Hall–Kier alpha value is -2.10. The number of rotatable bonds is 4. The van der Waals surface area contributed by atoms with Gasteiger partial charge in [-0.1, -0.05) is 18.5 Å². The van der Waals surface area contributed by atoms with Gasteiger partial charge in [0.25, 0.3) is 0 Å². The first-order chi connectivity index (χ1) is 12.5. The van der Waals surface area contributed by atoms with Crippen LogP contribution in [0.15, 0.2) is 23.0 Å². The monoisotopic (exact) mass is 349 g/mol. The van der Waals surface area contributed by atoms with Gasteiger partial charge in [-0.15, -0.1) is 0 Å². The SMILES string of the molecule is CCC12CCC1C(Cc1cn(C)c3ncc(-c4c(C)noc4C)cc13)C2. The van der Waals surface area contributed by atoms with Gasteiger partial charge in [0.1, 0.15) is 11.4 Å². The molecule has 3 aromatic heterocycles. The summed E-state index contributed by atoms with van der Waals surface area (Å²) in [5.74, 6) is 2.68. The average molecular weight is 349 g/mol. The number of aryl methyl sites for hydroxylation is 3. The Morgan fingerprint density at radius 2 is 2.19 bits per heavy atom. The minimum atomic E-state index is 0.704. The smallest absolute Gasteiger partial charge is 0.141 e. The van der Waals surface area contributed by atoms with Crippen molar-refractivity contribution in [3.63, 3.8) is 0 Å². The van der Waals surface area contributed by atoms with Crippen LogP contribution in [0.2, 0.25) is 0 Å². The zero-order valence-electron chi connectivity index (χ0n) is 16.2. The van der Waals surface area contributed by atoms with Crippen LogP contribution in [0.3, 0.4) is 0 Å². The molecule has 2 aliphatic rings. The van der Waals surface area contributed by atoms with Crippen LogP contribution in [0, 0.1) is 31.1 Å². The Labute approximate surface area is 154 Å². The predicted molar refractivity (Wildman–Crippen MR) is 103 cm³/mol. The van der Waals surface area contributed by atoms with E-state index in [1.807, 2.05) is 20.0 Å². The molecular weight excluding hydrogens is 322 g/mol. The highest BCUT2D eigenvalue weighted by Gasteiger charge is 2.57. The van der Waals surface area contributed by atoms with Gasteiger partial charge < -0.3 is 9.09 Å². The molecule has 0 aliphatic heterocycles. The molecule has 2 fully saturated rings. The molecule has 3 aromatic rings. The third-order valence-corrected chi connectivity index (χ3v) is 7.38. The molecule has 3 atom stereocenters. The Bertz CT molecular complexity index is 975. The molecule has 0 spiro atoms. The lowest BCUT2D eigenvalue weighted by atomic mass is 9.41. The van der Waals surface area contributed by atoms with Gasteiger partial charge >= 0.3 is 0 Å². The quantitative estimate of drug-likeness (QED) is 0.649. The molecule has 26 heavy (non-hydrogen) atoms. The molecule has 2 saturated carbocycles. The van der Waals surface area contributed by atoms with Crippen LogP contribution in [0.4, 0.5) is 0 Å². The molecule has 5 rings (SSSR count). The standard InChI is InChI=1S/C22H27N3O/c1-5-22-7-6-19(22)15(10-22)8-17-12-25(4)21-18(17)9-16(11-23-21)20-13(2)24-26-14(20)3/h9,11-12,15,19H,5-8,10H2,1-4H3. The van der Waals surface area contributed by atoms with Gasteiger partial charge in [0, 0.05) is 36.0 Å². The van der Waals surface area contributed by atoms with Crippen LogP contribution in [0.25, 0.3) is 22.2 Å². The molecule has 4 heteroatoms. The fraction of sp³-hybridized carbons (Fsp3) is 0.545. The van der Waals surface area contributed by atoms with E-state index in [1.165, 1.54) is 43.1 Å². The van der Waals surface area contributed by atoms with Gasteiger partial charge in [-0.25, -0.2) is 4.98 Å². The maximum absolute atomic E-state index is 5.36. The van der Waals surface area contributed by atoms with E-state index in [9.17, 15) is 0 Å². The fourth-order valence-electron chi connectivity index (χ4n) is 5.83. The lowest BCUT2D eigenvalue weighted by Gasteiger charge is -2.64. The van der Waals surface area contributed by atoms with Crippen LogP contribution in [-0.2, 0) is 13.5 Å². The first kappa shape index (κ1) is 16.1. The maximum atomic E-state index is 5.36. The number of pyridine rings is 1. The van der Waals surface area contributed by atoms with E-state index in [4.69, 9.17) is 9.51 Å². The number of fused-ring (bicyclic) bond motifs is 2. The number of hydrogen-bond donors (Lipinski definition) is 0. The van der Waals surface area contributed by atoms with E-state index in [1.54, 1.807) is 0 Å². The van der Waals surface area contributed by atoms with Crippen LogP contribution in [0.1, 0.15) is 49.6 Å². The molecule has 0 saturated heterocycles. The Morgan fingerprint density at radius 1 is 1.35 bits per heavy atom. The molecule has 3 heterocycles. The minimum absolute atomic E-state index is 0.704. The fourth-order valence-corrected chi connectivity index (χ4v) is 5.83. The summed E-state index contributed by atoms with van der Waals surface area (Å²) < 4.78 is 7.54. The minimum Gasteiger partial charge on any atom is -0.361 e. The van der Waals surface area contributed by atoms with E-state index in [0.29, 0.717) is 5.41 Å². The third kappa shape index (κ3) is 2.07. The predicted octanol–water partition coefficient (Wildman–Crippen LogP) is 5.21. The van der Waals surface area contributed by atoms with Gasteiger partial charge in [0.05, 0.1) is 5.69 Å². The molecule has 0 bridgehead atoms. The Morgan fingerprint density at radius 3 is 2.81 bits per heavy atom. The van der Waals surface area contributed by atoms with Gasteiger partial charge in [-0.3, -0.25) is 0 Å². The highest BCUT2D eigenvalue weighted by atomic mass is 16.5. The van der Waals surface area contributed by atoms with Gasteiger partial charge in [0.15, 0.2) is 0 Å². The summed E-state index contributed by atoms with van der Waals surface area (Å²) in [6, 6.07) is 2.29. The van der Waals surface area contributed by atoms with Crippen molar-refractivity contribution in [3.8, 4) is 11.1 Å². The zero-order valence-corrected chi connectivity index (χ0v) is 16.2. The van der Waals surface area contributed by atoms with E-state index < -0.39 is 0 Å². The van der Waals surface area contributed by atoms with Crippen molar-refractivity contribution in [2.45, 2.75) is 52.9 Å². The van der Waals surface area contributed by atoms with Crippen molar-refractivity contribution in [1.82, 2.24) is 14.7 Å². The van der Waals surface area contributed by atoms with E-state index in [-0.39, 0.29) is 0 Å². The molecular formula is C22H27N3O. The van der Waals surface area contributed by atoms with Crippen LogP contribution < -0.4 is 0 Å². The Kier molecular flexibility index (Phi) is 3.37. The second-order valence-electron chi connectivity index (χ2n) is 8.59. The molecule has 136 valence electrons. The van der Waals surface area contributed by atoms with Gasteiger partial charge in [0.2, 0.25) is 0 Å². The van der Waals surface area contributed by atoms with Crippen molar-refractivity contribution in [1.29, 1.82) is 0 Å². The summed E-state index contributed by atoms with van der Waals surface area (Å²) in [6.45, 7) is 6.35. The highest BCUT2D eigenvalue weighted by Crippen LogP contribution is 2.66. The summed E-state index contributed by atoms with van der Waals surface area (Å²) in [7, 11) is 2.11. The first-order valence-corrected chi connectivity index (χ1v) is 9.89. The Balaban J connectivity index is 1.51. The maximum Gasteiger partial charge on any atom is 0.141 e. The molecule has 0 radical (unpaired) electrons. The van der Waals surface area contributed by atoms with Crippen molar-refractivity contribution in [2.75, 3.05) is 0 Å². The van der Waals surface area contributed by atoms with Crippen molar-refractivity contribution >= 4 is 11.0 Å². The molecule has 4 nitrogen and oxygen atoms in total. The van der Waals surface area contributed by atoms with Crippen LogP contribution >= 0.6 is 0 Å². The first-order valence-electron chi connectivity index (χ1n) is 9.89. The summed E-state index contributed by atoms with van der Waals surface area (Å²) in [5.41, 5.74) is 6.36. The third-order valence-electron chi connectivity index (χ3n) is 7.38. The zero-order chi connectivity index (χ0) is 18.1. The second kappa shape index (κ2) is 5.45. The van der Waals surface area contributed by atoms with Crippen LogP contribution in [0.5, 0.6) is 0 Å². The lowest BCUT2D eigenvalue weighted by Crippen LogP contribution is -2.55. The molecule has 0 aromatic carbocycles. The van der Waals surface area contributed by atoms with Gasteiger partial charge in [-0.05, 0) is 68.4 Å². The highest BCUT2D eigenvalue weighted by molar-refractivity contribution is 5.86. The number of hydrogen-bond acceptors (Lipinski definition) is 3. The van der Waals surface area contributed by atoms with Crippen molar-refractivity contribution < 1.29 is 4.52 Å². The molecule has 0 amide bonds. The van der Waals surface area contributed by atoms with E-state index in [0.717, 1.165) is 40.1 Å². The summed E-state index contributed by atoms with van der Waals surface area (Å²) in [4.78, 5) is 4.76. The summed E-state index contributed by atoms with van der Waals surface area (Å²) >= 11 is 0. The molecule has 0 N–H and O–H groups in total. The second-order valence-corrected chi connectivity index (χ2v) is 8.59. The van der Waals surface area contributed by atoms with Gasteiger partial charge in [-0.2, -0.15) is 0 Å². The van der Waals surface area contributed by atoms with Crippen molar-refractivity contribution in [3.05, 3.63) is 35.5 Å². The molecule has 2 aliphatic carbocycles. The van der Waals surface area contributed by atoms with Crippen molar-refractivity contribution in [2.24, 2.45) is 24.3 Å². The summed E-state index contributed by atoms with van der Waals surface area (Å²) in [6.07, 6.45) is 11.1. The van der Waals surface area contributed by atoms with Crippen LogP contribution in [-0.4, -0.2) is 14.7 Å². The lowest BCUT2D eigenvalue weighted by molar-refractivity contribution is -0.136. The average Bonchev–Trinajstić information content (AvgIpc) is 3.10. The number of nitrogens with zero attached hydrogens (tertiary/aromatic N) is 3. The normalized spacial score (nSPS) is 27.2. The molecule has 3 unspecified atom stereocenters. The largest absolute Gasteiger partial charge is 0.361 e. The number of aromatic nitrogens is 3. The van der Waals surface area contributed by atoms with E-state index in [2.05, 4.69) is 36.0 Å². The topological polar surface area (TPSA) is 43.9 Å². The van der Waals surface area contributed by atoms with E-state index >= 15 is 0 Å². The summed E-state index contributed by atoms with van der Waals surface area (Å²) in [5, 5.41) is 5.40.